The molecule has 0 bridgehead atoms. The Morgan fingerprint density at radius 3 is 2.14 bits per heavy atom. The lowest BCUT2D eigenvalue weighted by Crippen LogP contribution is -2.53. The van der Waals surface area contributed by atoms with Crippen molar-refractivity contribution in [2.24, 2.45) is 5.92 Å². The van der Waals surface area contributed by atoms with E-state index in [1.54, 1.807) is 44.6 Å². The van der Waals surface area contributed by atoms with Gasteiger partial charge in [-0.15, -0.1) is 0 Å². The van der Waals surface area contributed by atoms with Gasteiger partial charge in [0.1, 0.15) is 0 Å². The zero-order valence-electron chi connectivity index (χ0n) is 19.8. The van der Waals surface area contributed by atoms with Crippen molar-refractivity contribution in [2.75, 3.05) is 51.3 Å². The first-order valence-electron chi connectivity index (χ1n) is 11.4. The third kappa shape index (κ3) is 6.14. The second-order valence-corrected chi connectivity index (χ2v) is 15.1. The normalized spacial score (nSPS) is 23.0. The maximum Gasteiger partial charge on any atom is 0.320 e. The number of amides is 2. The number of rotatable bonds is 5. The Labute approximate surface area is 228 Å². The average molecular weight is 593 g/mol. The minimum Gasteiger partial charge on any atom is -0.324 e. The Kier molecular flexibility index (Phi) is 8.19. The molecule has 0 saturated carbocycles. The molecule has 2 amide bonds. The number of halogens is 3. The van der Waals surface area contributed by atoms with Gasteiger partial charge in [0.2, 0.25) is 0 Å². The Bertz CT molecular complexity index is 1340. The van der Waals surface area contributed by atoms with Crippen LogP contribution in [-0.2, 0) is 19.5 Å². The maximum atomic E-state index is 13.4. The first kappa shape index (κ1) is 27.5. The number of benzene rings is 2. The van der Waals surface area contributed by atoms with Crippen LogP contribution in [0.5, 0.6) is 0 Å². The van der Waals surface area contributed by atoms with Crippen molar-refractivity contribution in [3.05, 3.63) is 63.1 Å². The Hall–Kier alpha value is -1.49. The second kappa shape index (κ2) is 10.7. The van der Waals surface area contributed by atoms with Gasteiger partial charge >= 0.3 is 6.03 Å². The highest BCUT2D eigenvalue weighted by Gasteiger charge is 2.41. The molecule has 2 aromatic rings. The Balaban J connectivity index is 1.56. The fraction of sp³-hybridized carbons (Fsp3) is 0.417. The van der Waals surface area contributed by atoms with Gasteiger partial charge in [0.15, 0.2) is 9.84 Å². The number of likely N-dealkylation sites (tertiary alicyclic amines) is 1. The van der Waals surface area contributed by atoms with E-state index in [0.717, 1.165) is 5.56 Å². The number of nitrogens with zero attached hydrogens (tertiary/aromatic N) is 3. The minimum atomic E-state index is -3.63. The number of carbonyl (C=O) groups is 1. The van der Waals surface area contributed by atoms with E-state index in [2.05, 4.69) is 5.87 Å². The van der Waals surface area contributed by atoms with Gasteiger partial charge in [0.05, 0.1) is 20.7 Å². The highest BCUT2D eigenvalue weighted by Crippen LogP contribution is 2.37. The maximum absolute atomic E-state index is 13.4. The topological polar surface area (TPSA) is 78.0 Å². The minimum absolute atomic E-state index is 0.128. The fourth-order valence-electron chi connectivity index (χ4n) is 4.80. The number of hydrogen-bond acceptors (Lipinski definition) is 4. The van der Waals surface area contributed by atoms with Gasteiger partial charge in [-0.2, -0.15) is 0 Å². The lowest BCUT2D eigenvalue weighted by molar-refractivity contribution is 0.142. The summed E-state index contributed by atoms with van der Waals surface area (Å²) in [7, 11) is -5.95. The molecular formula is C24H28Cl3N3O4S2. The molecule has 0 N–H and O–H groups in total. The van der Waals surface area contributed by atoms with Crippen LogP contribution in [0, 0.1) is 5.92 Å². The van der Waals surface area contributed by atoms with E-state index in [1.165, 1.54) is 12.1 Å². The smallest absolute Gasteiger partial charge is 0.320 e. The van der Waals surface area contributed by atoms with Gasteiger partial charge in [-0.05, 0) is 53.7 Å². The zero-order valence-corrected chi connectivity index (χ0v) is 23.7. The molecule has 7 nitrogen and oxygen atoms in total. The molecule has 0 aromatic heterocycles. The van der Waals surface area contributed by atoms with E-state index in [9.17, 15) is 17.4 Å². The lowest BCUT2D eigenvalue weighted by Gasteiger charge is -2.37. The van der Waals surface area contributed by atoms with Gasteiger partial charge in [0.25, 0.3) is 0 Å². The summed E-state index contributed by atoms with van der Waals surface area (Å²) in [5.74, 6) is 3.02. The van der Waals surface area contributed by atoms with Crippen molar-refractivity contribution < 1.29 is 17.4 Å². The van der Waals surface area contributed by atoms with Crippen LogP contribution in [-0.4, -0.2) is 89.9 Å². The molecule has 12 heteroatoms. The van der Waals surface area contributed by atoms with Gasteiger partial charge < -0.3 is 9.80 Å². The van der Waals surface area contributed by atoms with E-state index in [1.807, 2.05) is 6.07 Å². The van der Waals surface area contributed by atoms with Crippen LogP contribution in [0.4, 0.5) is 4.79 Å². The molecule has 0 radical (unpaired) electrons. The summed E-state index contributed by atoms with van der Waals surface area (Å²) in [5.41, 5.74) is 0.837. The predicted molar refractivity (Wildman–Crippen MR) is 148 cm³/mol. The second-order valence-electron chi connectivity index (χ2n) is 9.34. The van der Waals surface area contributed by atoms with Crippen LogP contribution in [0.25, 0.3) is 0 Å². The molecule has 2 saturated heterocycles. The lowest BCUT2D eigenvalue weighted by atomic mass is 9.90. The highest BCUT2D eigenvalue weighted by molar-refractivity contribution is 7.97. The molecule has 1 unspecified atom stereocenters. The molecule has 2 aliphatic heterocycles. The van der Waals surface area contributed by atoms with Crippen molar-refractivity contribution in [3.63, 3.8) is 0 Å². The van der Waals surface area contributed by atoms with Crippen molar-refractivity contribution >= 4 is 66.2 Å². The Morgan fingerprint density at radius 1 is 0.917 bits per heavy atom. The third-order valence-electron chi connectivity index (χ3n) is 6.74. The first-order valence-corrected chi connectivity index (χ1v) is 16.3. The third-order valence-corrected chi connectivity index (χ3v) is 11.1. The molecule has 2 fully saturated rings. The number of piperazine rings is 1. The van der Waals surface area contributed by atoms with Gasteiger partial charge in [-0.1, -0.05) is 40.9 Å². The van der Waals surface area contributed by atoms with E-state index in [4.69, 9.17) is 34.8 Å². The standard InChI is InChI=1S/C24H28Cl3N3O4S2/c1-35(2,32)30-11-9-28(10-12-30)24(31)29-14-18(16-36(33,34)20-6-4-19(25)5-7-20)21(15-29)17-3-8-22(26)23(27)13-17/h3-8,13,18,21H,1,9-12,14-16H2,2H3/t18-,21-,35?/m1/s1. The first-order chi connectivity index (χ1) is 16.8. The van der Waals surface area contributed by atoms with Crippen LogP contribution in [0.15, 0.2) is 47.4 Å². The van der Waals surface area contributed by atoms with Crippen LogP contribution < -0.4 is 0 Å². The van der Waals surface area contributed by atoms with Gasteiger partial charge in [0, 0.05) is 66.2 Å². The van der Waals surface area contributed by atoms with Crippen molar-refractivity contribution in [3.8, 4) is 0 Å². The highest BCUT2D eigenvalue weighted by atomic mass is 35.5. The van der Waals surface area contributed by atoms with Crippen LogP contribution in [0.3, 0.4) is 0 Å². The van der Waals surface area contributed by atoms with E-state index < -0.39 is 19.5 Å². The number of sulfone groups is 1. The molecule has 2 aliphatic rings. The van der Waals surface area contributed by atoms with Crippen molar-refractivity contribution in [2.45, 2.75) is 10.8 Å². The summed E-state index contributed by atoms with van der Waals surface area (Å²) in [4.78, 5) is 17.0. The Morgan fingerprint density at radius 2 is 1.56 bits per heavy atom. The van der Waals surface area contributed by atoms with Crippen molar-refractivity contribution in [1.29, 1.82) is 0 Å². The molecule has 2 heterocycles. The van der Waals surface area contributed by atoms with E-state index in [-0.39, 0.29) is 35.1 Å². The molecular weight excluding hydrogens is 565 g/mol. The monoisotopic (exact) mass is 591 g/mol. The van der Waals surface area contributed by atoms with Crippen molar-refractivity contribution in [1.82, 2.24) is 14.1 Å². The molecule has 36 heavy (non-hydrogen) atoms. The number of urea groups is 1. The molecule has 4 rings (SSSR count). The summed E-state index contributed by atoms with van der Waals surface area (Å²) in [6.07, 6.45) is 1.60. The zero-order chi connectivity index (χ0) is 26.3. The number of hydrogen-bond donors (Lipinski definition) is 0. The summed E-state index contributed by atoms with van der Waals surface area (Å²) in [6, 6.07) is 11.2. The fourth-order valence-corrected chi connectivity index (χ4v) is 7.82. The predicted octanol–water partition coefficient (Wildman–Crippen LogP) is 4.13. The van der Waals surface area contributed by atoms with E-state index in [0.29, 0.717) is 47.8 Å². The van der Waals surface area contributed by atoms with Crippen LogP contribution in [0.1, 0.15) is 11.5 Å². The largest absolute Gasteiger partial charge is 0.324 e. The molecule has 3 atom stereocenters. The summed E-state index contributed by atoms with van der Waals surface area (Å²) in [6.45, 7) is 2.46. The van der Waals surface area contributed by atoms with Gasteiger partial charge in [-0.3, -0.25) is 4.21 Å². The van der Waals surface area contributed by atoms with E-state index >= 15 is 0 Å². The summed E-state index contributed by atoms with van der Waals surface area (Å²) >= 11 is 18.3. The average Bonchev–Trinajstić information content (AvgIpc) is 3.23. The molecule has 0 spiro atoms. The molecule has 196 valence electrons. The molecule has 0 aliphatic carbocycles. The summed E-state index contributed by atoms with van der Waals surface area (Å²) in [5, 5.41) is 1.25. The van der Waals surface area contributed by atoms with Crippen LogP contribution >= 0.6 is 34.8 Å². The van der Waals surface area contributed by atoms with Gasteiger partial charge in [-0.25, -0.2) is 17.5 Å². The summed E-state index contributed by atoms with van der Waals surface area (Å²) < 4.78 is 40.6. The quantitative estimate of drug-likeness (QED) is 0.489. The molecule has 2 aromatic carbocycles. The van der Waals surface area contributed by atoms with Crippen LogP contribution in [0.2, 0.25) is 15.1 Å². The SMILES string of the molecule is C=S(C)(=O)N1CCN(C(=O)N2C[C@H](CS(=O)(=O)c3ccc(Cl)cc3)[C@@H](c3ccc(Cl)c(Cl)c3)C2)CC1. The number of carbonyl (C=O) groups excluding carboxylic acids is 1.